The Balaban J connectivity index is 1.69. The van der Waals surface area contributed by atoms with Crippen LogP contribution in [0.5, 0.6) is 11.5 Å². The van der Waals surface area contributed by atoms with Gasteiger partial charge in [0.15, 0.2) is 11.5 Å². The van der Waals surface area contributed by atoms with Gasteiger partial charge in [-0.05, 0) is 57.9 Å². The lowest BCUT2D eigenvalue weighted by Crippen LogP contribution is -2.47. The summed E-state index contributed by atoms with van der Waals surface area (Å²) < 4.78 is 18.9. The molecule has 1 fully saturated rings. The number of carbonyl (C=O) groups excluding carboxylic acids is 1. The molecule has 2 aromatic carbocycles. The summed E-state index contributed by atoms with van der Waals surface area (Å²) in [6.45, 7) is 0.299. The highest BCUT2D eigenvalue weighted by molar-refractivity contribution is 9.10. The molecule has 1 saturated heterocycles. The largest absolute Gasteiger partial charge is 0.503 e. The second-order valence-corrected chi connectivity index (χ2v) is 8.68. The first-order valence-electron chi connectivity index (χ1n) is 9.07. The number of thioether (sulfide) groups is 1. The molecule has 0 spiro atoms. The van der Waals surface area contributed by atoms with E-state index in [0.717, 1.165) is 11.3 Å². The molecular weight excluding hydrogens is 473 g/mol. The lowest BCUT2D eigenvalue weighted by molar-refractivity contribution is -0.129. The Labute approximate surface area is 185 Å². The van der Waals surface area contributed by atoms with Crippen LogP contribution in [-0.2, 0) is 4.79 Å². The van der Waals surface area contributed by atoms with Crippen molar-refractivity contribution in [3.05, 3.63) is 62.9 Å². The number of hydrogen-bond donors (Lipinski definition) is 1. The Morgan fingerprint density at radius 3 is 2.73 bits per heavy atom. The molecule has 0 saturated carbocycles. The first kappa shape index (κ1) is 20.6. The van der Waals surface area contributed by atoms with Crippen molar-refractivity contribution in [1.29, 1.82) is 5.26 Å². The standard InChI is InChI=1S/C21H17BrFN3O3S/c1-29-18-7-12(6-17(22)20(18)28)15-8-19(27)26-10-25(11-30-21(26)16(15)9-24)14-4-2-13(23)3-5-14/h2-7,15,28H,8,10-11H2,1H3/t15-/m0/s1. The quantitative estimate of drug-likeness (QED) is 0.682. The van der Waals surface area contributed by atoms with Gasteiger partial charge in [0.25, 0.3) is 0 Å². The fourth-order valence-electron chi connectivity index (χ4n) is 3.61. The van der Waals surface area contributed by atoms with Gasteiger partial charge in [-0.1, -0.05) is 11.8 Å². The van der Waals surface area contributed by atoms with Crippen molar-refractivity contribution in [1.82, 2.24) is 4.90 Å². The summed E-state index contributed by atoms with van der Waals surface area (Å²) in [7, 11) is 1.45. The number of ether oxygens (including phenoxy) is 1. The van der Waals surface area contributed by atoms with E-state index in [1.54, 1.807) is 29.2 Å². The second kappa shape index (κ2) is 8.20. The van der Waals surface area contributed by atoms with E-state index in [4.69, 9.17) is 4.74 Å². The molecule has 6 nitrogen and oxygen atoms in total. The normalized spacial score (nSPS) is 18.9. The highest BCUT2D eigenvalue weighted by Crippen LogP contribution is 2.46. The van der Waals surface area contributed by atoms with Crippen LogP contribution in [-0.4, -0.2) is 35.6 Å². The number of hydrogen-bond acceptors (Lipinski definition) is 6. The van der Waals surface area contributed by atoms with Gasteiger partial charge in [0.05, 0.1) is 40.8 Å². The van der Waals surface area contributed by atoms with E-state index in [1.807, 2.05) is 4.90 Å². The van der Waals surface area contributed by atoms with Crippen molar-refractivity contribution in [3.63, 3.8) is 0 Å². The summed E-state index contributed by atoms with van der Waals surface area (Å²) in [5, 5.41) is 20.6. The molecule has 1 N–H and O–H groups in total. The molecule has 0 aliphatic carbocycles. The van der Waals surface area contributed by atoms with Gasteiger partial charge >= 0.3 is 0 Å². The fraction of sp³-hybridized carbons (Fsp3) is 0.238. The number of halogens is 2. The minimum Gasteiger partial charge on any atom is -0.503 e. The summed E-state index contributed by atoms with van der Waals surface area (Å²) in [6, 6.07) is 11.8. The van der Waals surface area contributed by atoms with Gasteiger partial charge in [0, 0.05) is 18.0 Å². The summed E-state index contributed by atoms with van der Waals surface area (Å²) >= 11 is 4.71. The molecule has 2 aromatic rings. The van der Waals surface area contributed by atoms with E-state index in [1.165, 1.54) is 31.0 Å². The third-order valence-electron chi connectivity index (χ3n) is 5.16. The van der Waals surface area contributed by atoms with Gasteiger partial charge in [-0.3, -0.25) is 9.69 Å². The summed E-state index contributed by atoms with van der Waals surface area (Å²) in [5.41, 5.74) is 2.04. The van der Waals surface area contributed by atoms with Crippen LogP contribution in [0, 0.1) is 17.1 Å². The predicted molar refractivity (Wildman–Crippen MR) is 115 cm³/mol. The Bertz CT molecular complexity index is 1080. The van der Waals surface area contributed by atoms with Gasteiger partial charge < -0.3 is 14.7 Å². The minimum absolute atomic E-state index is 0.0295. The highest BCUT2D eigenvalue weighted by Gasteiger charge is 2.38. The predicted octanol–water partition coefficient (Wildman–Crippen LogP) is 4.52. The number of allylic oxidation sites excluding steroid dienone is 1. The van der Waals surface area contributed by atoms with Crippen LogP contribution < -0.4 is 9.64 Å². The zero-order chi connectivity index (χ0) is 21.4. The number of anilines is 1. The summed E-state index contributed by atoms with van der Waals surface area (Å²) in [4.78, 5) is 16.6. The van der Waals surface area contributed by atoms with Crippen LogP contribution in [0.25, 0.3) is 0 Å². The van der Waals surface area contributed by atoms with E-state index in [9.17, 15) is 19.6 Å². The van der Waals surface area contributed by atoms with Crippen LogP contribution in [0.3, 0.4) is 0 Å². The van der Waals surface area contributed by atoms with Crippen LogP contribution >= 0.6 is 27.7 Å². The van der Waals surface area contributed by atoms with Crippen molar-refractivity contribution in [2.45, 2.75) is 12.3 Å². The molecule has 0 radical (unpaired) electrons. The number of nitrogens with zero attached hydrogens (tertiary/aromatic N) is 3. The third kappa shape index (κ3) is 3.61. The number of aromatic hydroxyl groups is 1. The minimum atomic E-state index is -0.426. The van der Waals surface area contributed by atoms with E-state index in [0.29, 0.717) is 27.6 Å². The average molecular weight is 490 g/mol. The molecule has 0 bridgehead atoms. The number of phenols is 1. The van der Waals surface area contributed by atoms with Crippen LogP contribution in [0.1, 0.15) is 17.9 Å². The molecule has 1 atom stereocenters. The van der Waals surface area contributed by atoms with Crippen LogP contribution in [0.2, 0.25) is 0 Å². The monoisotopic (exact) mass is 489 g/mol. The van der Waals surface area contributed by atoms with Gasteiger partial charge in [-0.25, -0.2) is 4.39 Å². The van der Waals surface area contributed by atoms with Gasteiger partial charge in [-0.2, -0.15) is 5.26 Å². The Hall–Kier alpha value is -2.70. The summed E-state index contributed by atoms with van der Waals surface area (Å²) in [6.07, 6.45) is 0.130. The Kier molecular flexibility index (Phi) is 5.62. The number of carbonyl (C=O) groups is 1. The highest BCUT2D eigenvalue weighted by atomic mass is 79.9. The molecular formula is C21H17BrFN3O3S. The van der Waals surface area contributed by atoms with Crippen molar-refractivity contribution < 1.29 is 19.0 Å². The van der Waals surface area contributed by atoms with E-state index in [-0.39, 0.29) is 29.6 Å². The number of phenolic OH excluding ortho intramolecular Hbond substituents is 1. The molecule has 154 valence electrons. The molecule has 0 aromatic heterocycles. The zero-order valence-corrected chi connectivity index (χ0v) is 18.3. The lowest BCUT2D eigenvalue weighted by Gasteiger charge is -2.42. The number of benzene rings is 2. The Morgan fingerprint density at radius 1 is 1.33 bits per heavy atom. The molecule has 2 aliphatic rings. The summed E-state index contributed by atoms with van der Waals surface area (Å²) in [5.74, 6) is -0.0665. The number of amides is 1. The maximum absolute atomic E-state index is 13.2. The van der Waals surface area contributed by atoms with Crippen LogP contribution in [0.15, 0.2) is 51.5 Å². The molecule has 2 aliphatic heterocycles. The molecule has 0 unspecified atom stereocenters. The van der Waals surface area contributed by atoms with E-state index >= 15 is 0 Å². The van der Waals surface area contributed by atoms with E-state index < -0.39 is 5.92 Å². The second-order valence-electron chi connectivity index (χ2n) is 6.89. The maximum atomic E-state index is 13.2. The number of rotatable bonds is 3. The first-order chi connectivity index (χ1) is 14.4. The van der Waals surface area contributed by atoms with Crippen molar-refractivity contribution in [2.75, 3.05) is 24.6 Å². The molecule has 30 heavy (non-hydrogen) atoms. The number of methoxy groups -OCH3 is 1. The molecule has 4 rings (SSSR count). The SMILES string of the molecule is COc1cc([C@@H]2CC(=O)N3CN(c4ccc(F)cc4)CSC3=C2C#N)cc(Br)c1O. The van der Waals surface area contributed by atoms with E-state index in [2.05, 4.69) is 22.0 Å². The van der Waals surface area contributed by atoms with Gasteiger partial charge in [0.2, 0.25) is 5.91 Å². The van der Waals surface area contributed by atoms with Gasteiger partial charge in [-0.15, -0.1) is 0 Å². The Morgan fingerprint density at radius 2 is 2.07 bits per heavy atom. The van der Waals surface area contributed by atoms with Crippen molar-refractivity contribution in [2.24, 2.45) is 0 Å². The van der Waals surface area contributed by atoms with Crippen molar-refractivity contribution in [3.8, 4) is 17.6 Å². The van der Waals surface area contributed by atoms with Gasteiger partial charge in [0.1, 0.15) is 5.82 Å². The number of nitriles is 1. The molecule has 2 heterocycles. The first-order valence-corrected chi connectivity index (χ1v) is 10.8. The lowest BCUT2D eigenvalue weighted by atomic mass is 9.86. The molecule has 9 heteroatoms. The maximum Gasteiger partial charge on any atom is 0.229 e. The molecule has 1 amide bonds. The van der Waals surface area contributed by atoms with Crippen LogP contribution in [0.4, 0.5) is 10.1 Å². The van der Waals surface area contributed by atoms with Crippen molar-refractivity contribution >= 4 is 39.3 Å². The average Bonchev–Trinajstić information content (AvgIpc) is 2.76. The smallest absolute Gasteiger partial charge is 0.229 e. The third-order valence-corrected chi connectivity index (χ3v) is 6.92. The number of fused-ring (bicyclic) bond motifs is 1. The fourth-order valence-corrected chi connectivity index (χ4v) is 5.24. The topological polar surface area (TPSA) is 76.8 Å². The zero-order valence-electron chi connectivity index (χ0n) is 15.9.